The summed E-state index contributed by atoms with van der Waals surface area (Å²) in [7, 11) is 0. The third kappa shape index (κ3) is 9.15. The van der Waals surface area contributed by atoms with Gasteiger partial charge < -0.3 is 18.9 Å². The molecule has 0 amide bonds. The molecule has 0 radical (unpaired) electrons. The van der Waals surface area contributed by atoms with Gasteiger partial charge in [-0.05, 0) is 61.3 Å². The van der Waals surface area contributed by atoms with Crippen molar-refractivity contribution in [2.45, 2.75) is 53.0 Å². The van der Waals surface area contributed by atoms with Crippen molar-refractivity contribution in [1.29, 1.82) is 0 Å². The van der Waals surface area contributed by atoms with Crippen molar-refractivity contribution < 1.29 is 38.1 Å². The molecule has 0 bridgehead atoms. The molecule has 11 nitrogen and oxygen atoms in total. The Bertz CT molecular complexity index is 1780. The number of carbonyl (C=O) groups excluding carboxylic acids is 4. The summed E-state index contributed by atoms with van der Waals surface area (Å²) in [4.78, 5) is 48.7. The number of fused-ring (bicyclic) bond motifs is 1. The molecule has 12 heteroatoms. The molecule has 0 saturated carbocycles. The summed E-state index contributed by atoms with van der Waals surface area (Å²) in [6.45, 7) is 4.21. The lowest BCUT2D eigenvalue weighted by atomic mass is 9.56. The van der Waals surface area contributed by atoms with Gasteiger partial charge in [0.05, 0.1) is 16.7 Å². The van der Waals surface area contributed by atoms with Crippen LogP contribution >= 0.6 is 11.6 Å². The van der Waals surface area contributed by atoms with Crippen LogP contribution in [-0.4, -0.2) is 52.5 Å². The number of nitrogens with zero attached hydrogens (tertiary/aromatic N) is 3. The topological polar surface area (TPSA) is 136 Å². The first-order valence-corrected chi connectivity index (χ1v) is 16.8. The van der Waals surface area contributed by atoms with Gasteiger partial charge in [-0.2, -0.15) is 0 Å². The lowest BCUT2D eigenvalue weighted by Crippen LogP contribution is -2.48. The average molecular weight is 702 g/mol. The molecule has 50 heavy (non-hydrogen) atoms. The van der Waals surface area contributed by atoms with Crippen molar-refractivity contribution in [2.24, 2.45) is 23.2 Å². The van der Waals surface area contributed by atoms with Gasteiger partial charge in [0.15, 0.2) is 0 Å². The van der Waals surface area contributed by atoms with E-state index in [1.165, 1.54) is 19.4 Å². The molecule has 2 aromatic carbocycles. The normalized spacial score (nSPS) is 21.4. The first kappa shape index (κ1) is 36.3. The van der Waals surface area contributed by atoms with Crippen LogP contribution in [0.15, 0.2) is 90.7 Å². The van der Waals surface area contributed by atoms with E-state index in [1.54, 1.807) is 24.3 Å². The van der Waals surface area contributed by atoms with E-state index < -0.39 is 48.8 Å². The average Bonchev–Trinajstić information content (AvgIpc) is 3.54. The summed E-state index contributed by atoms with van der Waals surface area (Å²) >= 11 is 6.88. The third-order valence-corrected chi connectivity index (χ3v) is 9.36. The second-order valence-electron chi connectivity index (χ2n) is 12.6. The fourth-order valence-corrected chi connectivity index (χ4v) is 6.83. The number of aromatic nitrogens is 3. The Morgan fingerprint density at radius 2 is 1.62 bits per heavy atom. The summed E-state index contributed by atoms with van der Waals surface area (Å²) in [5, 5.41) is 9.07. The highest BCUT2D eigenvalue weighted by atomic mass is 35.5. The molecule has 0 saturated heterocycles. The molecule has 3 aromatic rings. The predicted molar refractivity (Wildman–Crippen MR) is 184 cm³/mol. The van der Waals surface area contributed by atoms with Crippen molar-refractivity contribution in [1.82, 2.24) is 15.0 Å². The number of hydrogen-bond donors (Lipinski definition) is 0. The lowest BCUT2D eigenvalue weighted by Gasteiger charge is -2.47. The predicted octanol–water partition coefficient (Wildman–Crippen LogP) is 6.43. The lowest BCUT2D eigenvalue weighted by molar-refractivity contribution is -0.176. The van der Waals surface area contributed by atoms with Crippen molar-refractivity contribution in [2.75, 3.05) is 13.6 Å². The molecule has 0 unspecified atom stereocenters. The number of rotatable bonds is 13. The molecule has 262 valence electrons. The third-order valence-electron chi connectivity index (χ3n) is 9.01. The Morgan fingerprint density at radius 1 is 0.940 bits per heavy atom. The van der Waals surface area contributed by atoms with E-state index in [-0.39, 0.29) is 17.4 Å². The monoisotopic (exact) mass is 701 g/mol. The van der Waals surface area contributed by atoms with Gasteiger partial charge in [-0.15, -0.1) is 5.10 Å². The van der Waals surface area contributed by atoms with E-state index in [4.69, 9.17) is 25.8 Å². The zero-order chi connectivity index (χ0) is 35.7. The van der Waals surface area contributed by atoms with Gasteiger partial charge in [-0.3, -0.25) is 19.1 Å². The van der Waals surface area contributed by atoms with Crippen LogP contribution in [0.25, 0.3) is 5.03 Å². The standard InChI is InChI=1S/C38H40ClN3O8/c1-25-17-32-19-29(14-16-42-22-34(40-41-42)20-28-7-5-4-6-8-28)13-15-38(32,37(46)50-24-48-27(3)44)33(18-25)21-35(39)30-9-11-31(12-10-30)36(45)49-23-47-26(2)43/h4-13,15,18,21-22,29,32-33H,14,16-17,19-20,23-24H2,1-3H3/b35-21-/t29-,32-,33-,38-/m0/s1. The van der Waals surface area contributed by atoms with E-state index in [1.807, 2.05) is 54.2 Å². The first-order valence-electron chi connectivity index (χ1n) is 16.4. The van der Waals surface area contributed by atoms with Crippen LogP contribution in [0, 0.1) is 23.2 Å². The number of halogens is 1. The van der Waals surface area contributed by atoms with Crippen LogP contribution in [0.2, 0.25) is 0 Å². The molecule has 1 aromatic heterocycles. The molecule has 4 atom stereocenters. The highest BCUT2D eigenvalue weighted by Gasteiger charge is 2.53. The van der Waals surface area contributed by atoms with Gasteiger partial charge in [-0.1, -0.05) is 89.2 Å². The van der Waals surface area contributed by atoms with Crippen molar-refractivity contribution in [3.05, 3.63) is 113 Å². The first-order chi connectivity index (χ1) is 24.0. The molecule has 2 aliphatic carbocycles. The van der Waals surface area contributed by atoms with Gasteiger partial charge in [0.2, 0.25) is 13.6 Å². The van der Waals surface area contributed by atoms with Gasteiger partial charge in [-0.25, -0.2) is 4.79 Å². The Morgan fingerprint density at radius 3 is 2.32 bits per heavy atom. The van der Waals surface area contributed by atoms with Crippen molar-refractivity contribution in [3.8, 4) is 0 Å². The smallest absolute Gasteiger partial charge is 0.340 e. The Hall–Kier alpha value is -5.03. The Labute approximate surface area is 295 Å². The molecule has 2 aliphatic rings. The zero-order valence-electron chi connectivity index (χ0n) is 28.3. The van der Waals surface area contributed by atoms with Gasteiger partial charge >= 0.3 is 23.9 Å². The summed E-state index contributed by atoms with van der Waals surface area (Å²) in [6.07, 6.45) is 12.8. The number of allylic oxidation sites excluding steroid dienone is 4. The minimum Gasteiger partial charge on any atom is -0.428 e. The van der Waals surface area contributed by atoms with Crippen LogP contribution in [0.5, 0.6) is 0 Å². The highest BCUT2D eigenvalue weighted by Crippen LogP contribution is 2.53. The van der Waals surface area contributed by atoms with Crippen LogP contribution in [0.1, 0.15) is 67.2 Å². The molecular weight excluding hydrogens is 662 g/mol. The van der Waals surface area contributed by atoms with Crippen LogP contribution in [0.3, 0.4) is 0 Å². The molecular formula is C38H40ClN3O8. The molecule has 0 N–H and O–H groups in total. The molecule has 0 fully saturated rings. The van der Waals surface area contributed by atoms with E-state index in [0.29, 0.717) is 30.0 Å². The van der Waals surface area contributed by atoms with Gasteiger partial charge in [0.1, 0.15) is 0 Å². The van der Waals surface area contributed by atoms with E-state index >= 15 is 0 Å². The fraction of sp³-hybridized carbons (Fsp3) is 0.368. The van der Waals surface area contributed by atoms with E-state index in [2.05, 4.69) is 33.3 Å². The number of benzene rings is 2. The quantitative estimate of drug-likeness (QED) is 0.112. The molecule has 5 rings (SSSR count). The van der Waals surface area contributed by atoms with Crippen molar-refractivity contribution in [3.63, 3.8) is 0 Å². The molecule has 1 heterocycles. The minimum absolute atomic E-state index is 0.114. The largest absolute Gasteiger partial charge is 0.428 e. The van der Waals surface area contributed by atoms with E-state index in [0.717, 1.165) is 24.1 Å². The van der Waals surface area contributed by atoms with Crippen LogP contribution in [-0.2, 0) is 46.3 Å². The number of esters is 4. The highest BCUT2D eigenvalue weighted by molar-refractivity contribution is 6.48. The number of aryl methyl sites for hydroxylation is 1. The maximum absolute atomic E-state index is 14.0. The zero-order valence-corrected chi connectivity index (χ0v) is 29.0. The summed E-state index contributed by atoms with van der Waals surface area (Å²) < 4.78 is 22.0. The Kier molecular flexibility index (Phi) is 12.0. The fourth-order valence-electron chi connectivity index (χ4n) is 6.57. The van der Waals surface area contributed by atoms with Crippen molar-refractivity contribution >= 4 is 40.5 Å². The van der Waals surface area contributed by atoms with Gasteiger partial charge in [0.25, 0.3) is 0 Å². The van der Waals surface area contributed by atoms with E-state index in [9.17, 15) is 19.2 Å². The second kappa shape index (κ2) is 16.6. The maximum Gasteiger partial charge on any atom is 0.340 e. The summed E-state index contributed by atoms with van der Waals surface area (Å²) in [5.41, 5.74) is 2.98. The number of ether oxygens (including phenoxy) is 4. The number of hydrogen-bond acceptors (Lipinski definition) is 10. The SMILES string of the molecule is CC(=O)OCOC(=O)c1ccc(/C(Cl)=C/[C@@H]2C=C(C)C[C@H]3C[C@H](CCn4cc(Cc5ccccc5)nn4)C=C[C@]32C(=O)OCOC(C)=O)cc1. The number of carbonyl (C=O) groups is 4. The molecule has 0 aliphatic heterocycles. The Balaban J connectivity index is 1.34. The van der Waals surface area contributed by atoms with Crippen LogP contribution in [0.4, 0.5) is 0 Å². The molecule has 0 spiro atoms. The summed E-state index contributed by atoms with van der Waals surface area (Å²) in [5.74, 6) is -2.67. The van der Waals surface area contributed by atoms with Crippen LogP contribution < -0.4 is 0 Å². The second-order valence-corrected chi connectivity index (χ2v) is 13.0. The minimum atomic E-state index is -1.09. The summed E-state index contributed by atoms with van der Waals surface area (Å²) in [6, 6.07) is 16.6. The van der Waals surface area contributed by atoms with Gasteiger partial charge in [0, 0.05) is 44.0 Å². The maximum atomic E-state index is 14.0.